The SMILES string of the molecule is Cc1cc(CCC2CCCN2C(=O)c2cc(C)[nH]c(=O)n2)ccn1. The second-order valence-electron chi connectivity index (χ2n) is 6.39. The first kappa shape index (κ1) is 16.4. The summed E-state index contributed by atoms with van der Waals surface area (Å²) in [4.78, 5) is 36.7. The number of nitrogens with zero attached hydrogens (tertiary/aromatic N) is 3. The number of likely N-dealkylation sites (tertiary alicyclic amines) is 1. The van der Waals surface area contributed by atoms with Crippen LogP contribution in [0.15, 0.2) is 29.2 Å². The molecule has 1 saturated heterocycles. The summed E-state index contributed by atoms with van der Waals surface area (Å²) in [5.41, 5.74) is 2.67. The number of rotatable bonds is 4. The third-order valence-corrected chi connectivity index (χ3v) is 4.46. The van der Waals surface area contributed by atoms with Crippen molar-refractivity contribution in [3.05, 3.63) is 57.5 Å². The Labute approximate surface area is 141 Å². The van der Waals surface area contributed by atoms with E-state index in [1.54, 1.807) is 13.0 Å². The van der Waals surface area contributed by atoms with Crippen LogP contribution in [-0.2, 0) is 6.42 Å². The molecule has 0 radical (unpaired) electrons. The van der Waals surface area contributed by atoms with E-state index < -0.39 is 5.69 Å². The number of hydrogen-bond donors (Lipinski definition) is 1. The third-order valence-electron chi connectivity index (χ3n) is 4.46. The van der Waals surface area contributed by atoms with Gasteiger partial charge < -0.3 is 9.88 Å². The van der Waals surface area contributed by atoms with Gasteiger partial charge in [0.1, 0.15) is 5.69 Å². The fourth-order valence-electron chi connectivity index (χ4n) is 3.33. The Morgan fingerprint density at radius 2 is 2.21 bits per heavy atom. The molecule has 1 fully saturated rings. The van der Waals surface area contributed by atoms with Gasteiger partial charge in [-0.05, 0) is 63.3 Å². The number of pyridine rings is 1. The fraction of sp³-hybridized carbons (Fsp3) is 0.444. The van der Waals surface area contributed by atoms with E-state index in [1.807, 2.05) is 24.1 Å². The van der Waals surface area contributed by atoms with E-state index in [1.165, 1.54) is 5.56 Å². The van der Waals surface area contributed by atoms with Crippen LogP contribution in [0.25, 0.3) is 0 Å². The molecular weight excluding hydrogens is 304 g/mol. The number of aryl methyl sites for hydroxylation is 3. The maximum absolute atomic E-state index is 12.7. The lowest BCUT2D eigenvalue weighted by atomic mass is 10.0. The number of aromatic nitrogens is 3. The van der Waals surface area contributed by atoms with Crippen molar-refractivity contribution in [2.75, 3.05) is 6.54 Å². The van der Waals surface area contributed by atoms with E-state index in [0.717, 1.165) is 37.9 Å². The maximum atomic E-state index is 12.7. The van der Waals surface area contributed by atoms with E-state index in [-0.39, 0.29) is 17.6 Å². The first-order valence-electron chi connectivity index (χ1n) is 8.33. The Balaban J connectivity index is 1.70. The normalized spacial score (nSPS) is 17.2. The molecular formula is C18H22N4O2. The molecule has 3 heterocycles. The van der Waals surface area contributed by atoms with Crippen molar-refractivity contribution in [1.29, 1.82) is 0 Å². The zero-order chi connectivity index (χ0) is 17.1. The molecule has 2 aromatic rings. The summed E-state index contributed by atoms with van der Waals surface area (Å²) < 4.78 is 0. The van der Waals surface area contributed by atoms with Crippen molar-refractivity contribution in [2.45, 2.75) is 45.6 Å². The van der Waals surface area contributed by atoms with E-state index in [0.29, 0.717) is 5.69 Å². The average molecular weight is 326 g/mol. The zero-order valence-electron chi connectivity index (χ0n) is 14.1. The van der Waals surface area contributed by atoms with Gasteiger partial charge in [0.2, 0.25) is 0 Å². The third kappa shape index (κ3) is 3.69. The largest absolute Gasteiger partial charge is 0.345 e. The Kier molecular flexibility index (Phi) is 4.74. The summed E-state index contributed by atoms with van der Waals surface area (Å²) >= 11 is 0. The van der Waals surface area contributed by atoms with Crippen molar-refractivity contribution in [3.63, 3.8) is 0 Å². The van der Waals surface area contributed by atoms with Gasteiger partial charge in [-0.2, -0.15) is 4.98 Å². The number of hydrogen-bond acceptors (Lipinski definition) is 4. The number of nitrogens with one attached hydrogen (secondary N) is 1. The maximum Gasteiger partial charge on any atom is 0.345 e. The molecule has 0 aliphatic carbocycles. The molecule has 0 saturated carbocycles. The van der Waals surface area contributed by atoms with E-state index >= 15 is 0 Å². The molecule has 0 spiro atoms. The van der Waals surface area contributed by atoms with Gasteiger partial charge in [0, 0.05) is 30.2 Å². The van der Waals surface area contributed by atoms with Crippen LogP contribution >= 0.6 is 0 Å². The average Bonchev–Trinajstić information content (AvgIpc) is 3.00. The molecule has 0 bridgehead atoms. The van der Waals surface area contributed by atoms with Gasteiger partial charge in [0.05, 0.1) is 0 Å². The molecule has 1 unspecified atom stereocenters. The number of carbonyl (C=O) groups is 1. The first-order valence-corrected chi connectivity index (χ1v) is 8.33. The monoisotopic (exact) mass is 326 g/mol. The molecule has 0 aromatic carbocycles. The van der Waals surface area contributed by atoms with Crippen LogP contribution in [0, 0.1) is 13.8 Å². The lowest BCUT2D eigenvalue weighted by Crippen LogP contribution is -2.37. The predicted molar refractivity (Wildman–Crippen MR) is 90.9 cm³/mol. The minimum Gasteiger partial charge on any atom is -0.334 e. The Bertz CT molecular complexity index is 800. The van der Waals surface area contributed by atoms with Crippen LogP contribution in [-0.4, -0.2) is 38.3 Å². The van der Waals surface area contributed by atoms with Crippen LogP contribution in [0.5, 0.6) is 0 Å². The lowest BCUT2D eigenvalue weighted by Gasteiger charge is -2.24. The smallest absolute Gasteiger partial charge is 0.334 e. The second-order valence-corrected chi connectivity index (χ2v) is 6.39. The molecule has 1 atom stereocenters. The summed E-state index contributed by atoms with van der Waals surface area (Å²) in [6, 6.07) is 5.96. The fourth-order valence-corrected chi connectivity index (χ4v) is 3.33. The van der Waals surface area contributed by atoms with Crippen molar-refractivity contribution in [1.82, 2.24) is 19.9 Å². The van der Waals surface area contributed by atoms with Crippen molar-refractivity contribution < 1.29 is 4.79 Å². The molecule has 1 N–H and O–H groups in total. The topological polar surface area (TPSA) is 79.0 Å². The highest BCUT2D eigenvalue weighted by molar-refractivity contribution is 5.92. The Morgan fingerprint density at radius 3 is 2.96 bits per heavy atom. The zero-order valence-corrected chi connectivity index (χ0v) is 14.1. The van der Waals surface area contributed by atoms with Crippen molar-refractivity contribution in [3.8, 4) is 0 Å². The van der Waals surface area contributed by atoms with Crippen molar-refractivity contribution >= 4 is 5.91 Å². The molecule has 126 valence electrons. The standard InChI is InChI=1S/C18H22N4O2/c1-12-10-14(7-8-19-12)5-6-15-4-3-9-22(15)17(23)16-11-13(2)20-18(24)21-16/h7-8,10-11,15H,3-6,9H2,1-2H3,(H,20,21,24). The molecule has 24 heavy (non-hydrogen) atoms. The van der Waals surface area contributed by atoms with Crippen LogP contribution in [0.1, 0.15) is 46.7 Å². The molecule has 2 aromatic heterocycles. The highest BCUT2D eigenvalue weighted by atomic mass is 16.2. The number of amides is 1. The minimum atomic E-state index is -0.471. The molecule has 1 amide bonds. The van der Waals surface area contributed by atoms with Crippen LogP contribution in [0.2, 0.25) is 0 Å². The summed E-state index contributed by atoms with van der Waals surface area (Å²) in [6.07, 6.45) is 5.65. The van der Waals surface area contributed by atoms with Gasteiger partial charge in [-0.1, -0.05) is 0 Å². The van der Waals surface area contributed by atoms with Gasteiger partial charge in [-0.25, -0.2) is 4.79 Å². The van der Waals surface area contributed by atoms with E-state index in [4.69, 9.17) is 0 Å². The van der Waals surface area contributed by atoms with Gasteiger partial charge in [0.25, 0.3) is 5.91 Å². The molecule has 1 aliphatic heterocycles. The van der Waals surface area contributed by atoms with E-state index in [9.17, 15) is 9.59 Å². The molecule has 1 aliphatic rings. The summed E-state index contributed by atoms with van der Waals surface area (Å²) in [6.45, 7) is 4.47. The number of aromatic amines is 1. The van der Waals surface area contributed by atoms with E-state index in [2.05, 4.69) is 21.0 Å². The van der Waals surface area contributed by atoms with Gasteiger partial charge in [0.15, 0.2) is 0 Å². The molecule has 6 nitrogen and oxygen atoms in total. The first-order chi connectivity index (χ1) is 11.5. The quantitative estimate of drug-likeness (QED) is 0.932. The molecule has 6 heteroatoms. The lowest BCUT2D eigenvalue weighted by molar-refractivity contribution is 0.0724. The summed E-state index contributed by atoms with van der Waals surface area (Å²) in [5.74, 6) is -0.141. The highest BCUT2D eigenvalue weighted by Gasteiger charge is 2.30. The summed E-state index contributed by atoms with van der Waals surface area (Å²) in [5, 5.41) is 0. The highest BCUT2D eigenvalue weighted by Crippen LogP contribution is 2.23. The van der Waals surface area contributed by atoms with Crippen LogP contribution in [0.3, 0.4) is 0 Å². The van der Waals surface area contributed by atoms with Gasteiger partial charge in [-0.3, -0.25) is 9.78 Å². The Morgan fingerprint density at radius 1 is 1.38 bits per heavy atom. The van der Waals surface area contributed by atoms with Crippen LogP contribution in [0.4, 0.5) is 0 Å². The Hall–Kier alpha value is -2.50. The molecule has 3 rings (SSSR count). The summed E-state index contributed by atoms with van der Waals surface area (Å²) in [7, 11) is 0. The number of carbonyl (C=O) groups excluding carboxylic acids is 1. The van der Waals surface area contributed by atoms with Gasteiger partial charge >= 0.3 is 5.69 Å². The van der Waals surface area contributed by atoms with Crippen LogP contribution < -0.4 is 5.69 Å². The van der Waals surface area contributed by atoms with Crippen molar-refractivity contribution in [2.24, 2.45) is 0 Å². The van der Waals surface area contributed by atoms with Gasteiger partial charge in [-0.15, -0.1) is 0 Å². The predicted octanol–water partition coefficient (Wildman–Crippen LogP) is 2.02. The second kappa shape index (κ2) is 6.95. The minimum absolute atomic E-state index is 0.141. The number of H-pyrrole nitrogens is 1.